The zero-order chi connectivity index (χ0) is 11.8. The Bertz CT molecular complexity index is 206. The second-order valence-corrected chi connectivity index (χ2v) is 4.89. The molecule has 1 aliphatic carbocycles. The van der Waals surface area contributed by atoms with Crippen LogP contribution in [0, 0.1) is 11.8 Å². The highest BCUT2D eigenvalue weighted by Gasteiger charge is 2.24. The van der Waals surface area contributed by atoms with Crippen LogP contribution in [-0.2, 0) is 4.79 Å². The SMILES string of the molecule is CCCCC(=O)NCC1CCCCC1CO. The van der Waals surface area contributed by atoms with Gasteiger partial charge in [-0.05, 0) is 31.1 Å². The summed E-state index contributed by atoms with van der Waals surface area (Å²) in [7, 11) is 0. The van der Waals surface area contributed by atoms with Crippen molar-refractivity contribution in [2.75, 3.05) is 13.2 Å². The quantitative estimate of drug-likeness (QED) is 0.730. The second-order valence-electron chi connectivity index (χ2n) is 4.89. The standard InChI is InChI=1S/C13H25NO2/c1-2-3-8-13(16)14-9-11-6-4-5-7-12(11)10-15/h11-12,15H,2-10H2,1H3,(H,14,16). The summed E-state index contributed by atoms with van der Waals surface area (Å²) in [5.41, 5.74) is 0. The smallest absolute Gasteiger partial charge is 0.220 e. The lowest BCUT2D eigenvalue weighted by Crippen LogP contribution is -2.35. The predicted octanol–water partition coefficient (Wildman–Crippen LogP) is 2.09. The van der Waals surface area contributed by atoms with E-state index in [0.717, 1.165) is 32.2 Å². The maximum atomic E-state index is 11.5. The van der Waals surface area contributed by atoms with Gasteiger partial charge in [-0.3, -0.25) is 4.79 Å². The number of aliphatic hydroxyl groups excluding tert-OH is 1. The number of carbonyl (C=O) groups excluding carboxylic acids is 1. The van der Waals surface area contributed by atoms with Gasteiger partial charge in [0.2, 0.25) is 5.91 Å². The number of aliphatic hydroxyl groups is 1. The predicted molar refractivity (Wildman–Crippen MR) is 65.1 cm³/mol. The van der Waals surface area contributed by atoms with Crippen molar-refractivity contribution in [2.45, 2.75) is 51.9 Å². The summed E-state index contributed by atoms with van der Waals surface area (Å²) in [6.07, 6.45) is 7.42. The summed E-state index contributed by atoms with van der Waals surface area (Å²) in [4.78, 5) is 11.5. The molecule has 2 unspecified atom stereocenters. The van der Waals surface area contributed by atoms with E-state index in [4.69, 9.17) is 0 Å². The maximum absolute atomic E-state index is 11.5. The minimum Gasteiger partial charge on any atom is -0.396 e. The molecule has 0 bridgehead atoms. The first-order valence-corrected chi connectivity index (χ1v) is 6.65. The van der Waals surface area contributed by atoms with Gasteiger partial charge in [0, 0.05) is 19.6 Å². The zero-order valence-electron chi connectivity index (χ0n) is 10.4. The zero-order valence-corrected chi connectivity index (χ0v) is 10.4. The number of amides is 1. The normalized spacial score (nSPS) is 25.4. The van der Waals surface area contributed by atoms with Crippen LogP contribution in [0.1, 0.15) is 51.9 Å². The molecule has 0 aromatic rings. The minimum atomic E-state index is 0.170. The summed E-state index contributed by atoms with van der Waals surface area (Å²) in [6, 6.07) is 0. The van der Waals surface area contributed by atoms with Crippen molar-refractivity contribution in [1.82, 2.24) is 5.32 Å². The van der Waals surface area contributed by atoms with Crippen LogP contribution >= 0.6 is 0 Å². The van der Waals surface area contributed by atoms with Crippen molar-refractivity contribution in [1.29, 1.82) is 0 Å². The second kappa shape index (κ2) is 7.66. The Hall–Kier alpha value is -0.570. The van der Waals surface area contributed by atoms with Gasteiger partial charge in [-0.15, -0.1) is 0 Å². The Morgan fingerprint density at radius 1 is 1.31 bits per heavy atom. The molecule has 1 saturated carbocycles. The van der Waals surface area contributed by atoms with Gasteiger partial charge < -0.3 is 10.4 Å². The average molecular weight is 227 g/mol. The molecule has 1 aliphatic rings. The molecule has 0 aromatic heterocycles. The van der Waals surface area contributed by atoms with Crippen molar-refractivity contribution in [3.8, 4) is 0 Å². The summed E-state index contributed by atoms with van der Waals surface area (Å²) in [5, 5.41) is 12.3. The molecule has 1 fully saturated rings. The van der Waals surface area contributed by atoms with Crippen LogP contribution in [0.15, 0.2) is 0 Å². The number of rotatable bonds is 6. The van der Waals surface area contributed by atoms with Gasteiger partial charge in [0.05, 0.1) is 0 Å². The number of nitrogens with one attached hydrogen (secondary N) is 1. The molecular formula is C13H25NO2. The lowest BCUT2D eigenvalue weighted by atomic mass is 9.79. The molecule has 0 aliphatic heterocycles. The van der Waals surface area contributed by atoms with Gasteiger partial charge in [-0.1, -0.05) is 26.2 Å². The summed E-state index contributed by atoms with van der Waals surface area (Å²) in [5.74, 6) is 1.06. The molecule has 2 N–H and O–H groups in total. The van der Waals surface area contributed by atoms with E-state index in [1.165, 1.54) is 12.8 Å². The van der Waals surface area contributed by atoms with Gasteiger partial charge in [0.25, 0.3) is 0 Å². The third kappa shape index (κ3) is 4.52. The first-order valence-electron chi connectivity index (χ1n) is 6.65. The van der Waals surface area contributed by atoms with Crippen LogP contribution < -0.4 is 5.32 Å². The van der Waals surface area contributed by atoms with Crippen molar-refractivity contribution >= 4 is 5.91 Å². The molecule has 0 aromatic carbocycles. The summed E-state index contributed by atoms with van der Waals surface area (Å²) >= 11 is 0. The van der Waals surface area contributed by atoms with Crippen molar-refractivity contribution in [3.05, 3.63) is 0 Å². The van der Waals surface area contributed by atoms with Gasteiger partial charge in [-0.25, -0.2) is 0 Å². The Balaban J connectivity index is 2.21. The van der Waals surface area contributed by atoms with E-state index < -0.39 is 0 Å². The van der Waals surface area contributed by atoms with Crippen LogP contribution in [0.2, 0.25) is 0 Å². The third-order valence-corrected chi connectivity index (χ3v) is 3.62. The van der Waals surface area contributed by atoms with Crippen molar-refractivity contribution < 1.29 is 9.90 Å². The average Bonchev–Trinajstić information content (AvgIpc) is 2.34. The molecule has 1 amide bonds. The fourth-order valence-electron chi connectivity index (χ4n) is 2.46. The lowest BCUT2D eigenvalue weighted by Gasteiger charge is -2.30. The molecule has 2 atom stereocenters. The van der Waals surface area contributed by atoms with Gasteiger partial charge in [0.15, 0.2) is 0 Å². The Labute approximate surface area is 98.6 Å². The lowest BCUT2D eigenvalue weighted by molar-refractivity contribution is -0.121. The highest BCUT2D eigenvalue weighted by molar-refractivity contribution is 5.75. The summed E-state index contributed by atoms with van der Waals surface area (Å²) < 4.78 is 0. The fourth-order valence-corrected chi connectivity index (χ4v) is 2.46. The van der Waals surface area contributed by atoms with Crippen LogP contribution in [0.3, 0.4) is 0 Å². The largest absolute Gasteiger partial charge is 0.396 e. The first kappa shape index (κ1) is 13.5. The third-order valence-electron chi connectivity index (χ3n) is 3.62. The van der Waals surface area contributed by atoms with Gasteiger partial charge in [0.1, 0.15) is 0 Å². The number of hydrogen-bond acceptors (Lipinski definition) is 2. The molecule has 0 spiro atoms. The van der Waals surface area contributed by atoms with Crippen LogP contribution in [0.4, 0.5) is 0 Å². The molecule has 0 radical (unpaired) electrons. The van der Waals surface area contributed by atoms with Gasteiger partial charge >= 0.3 is 0 Å². The van der Waals surface area contributed by atoms with Crippen LogP contribution in [0.5, 0.6) is 0 Å². The number of carbonyl (C=O) groups is 1. The number of unbranched alkanes of at least 4 members (excludes halogenated alkanes) is 1. The molecule has 0 saturated heterocycles. The molecule has 1 rings (SSSR count). The van der Waals surface area contributed by atoms with E-state index in [9.17, 15) is 9.90 Å². The Morgan fingerprint density at radius 2 is 2.00 bits per heavy atom. The van der Waals surface area contributed by atoms with Crippen molar-refractivity contribution in [3.63, 3.8) is 0 Å². The molecule has 16 heavy (non-hydrogen) atoms. The topological polar surface area (TPSA) is 49.3 Å². The van der Waals surface area contributed by atoms with E-state index in [2.05, 4.69) is 12.2 Å². The first-order chi connectivity index (χ1) is 7.77. The molecule has 3 nitrogen and oxygen atoms in total. The minimum absolute atomic E-state index is 0.170. The van der Waals surface area contributed by atoms with Crippen molar-refractivity contribution in [2.24, 2.45) is 11.8 Å². The van der Waals surface area contributed by atoms with E-state index in [0.29, 0.717) is 18.3 Å². The van der Waals surface area contributed by atoms with E-state index >= 15 is 0 Å². The van der Waals surface area contributed by atoms with E-state index in [1.54, 1.807) is 0 Å². The highest BCUT2D eigenvalue weighted by atomic mass is 16.3. The number of hydrogen-bond donors (Lipinski definition) is 2. The monoisotopic (exact) mass is 227 g/mol. The van der Waals surface area contributed by atoms with Crippen LogP contribution in [0.25, 0.3) is 0 Å². The van der Waals surface area contributed by atoms with E-state index in [1.807, 2.05) is 0 Å². The molecule has 94 valence electrons. The fraction of sp³-hybridized carbons (Fsp3) is 0.923. The highest BCUT2D eigenvalue weighted by Crippen LogP contribution is 2.29. The summed E-state index contributed by atoms with van der Waals surface area (Å²) in [6.45, 7) is 3.12. The van der Waals surface area contributed by atoms with E-state index in [-0.39, 0.29) is 12.5 Å². The Kier molecular flexibility index (Phi) is 6.46. The molecule has 0 heterocycles. The van der Waals surface area contributed by atoms with Gasteiger partial charge in [-0.2, -0.15) is 0 Å². The molecular weight excluding hydrogens is 202 g/mol. The van der Waals surface area contributed by atoms with Crippen LogP contribution in [-0.4, -0.2) is 24.2 Å². The molecule has 3 heteroatoms. The Morgan fingerprint density at radius 3 is 2.62 bits per heavy atom. The maximum Gasteiger partial charge on any atom is 0.220 e.